The largest absolute Gasteiger partial charge is 0.372 e. The fourth-order valence-corrected chi connectivity index (χ4v) is 4.54. The fraction of sp³-hybridized carbons (Fsp3) is 0.545. The van der Waals surface area contributed by atoms with Crippen molar-refractivity contribution in [3.63, 3.8) is 0 Å². The predicted octanol–water partition coefficient (Wildman–Crippen LogP) is 3.80. The van der Waals surface area contributed by atoms with Crippen LogP contribution in [-0.4, -0.2) is 39.9 Å². The molecule has 0 spiro atoms. The van der Waals surface area contributed by atoms with Crippen LogP contribution in [0, 0.1) is 13.8 Å². The van der Waals surface area contributed by atoms with E-state index >= 15 is 0 Å². The number of nitrogens with one attached hydrogen (secondary N) is 1. The van der Waals surface area contributed by atoms with Crippen LogP contribution < -0.4 is 5.32 Å². The van der Waals surface area contributed by atoms with Gasteiger partial charge in [0.15, 0.2) is 0 Å². The first-order valence-electron chi connectivity index (χ1n) is 10.3. The molecule has 6 heteroatoms. The molecule has 0 aliphatic carbocycles. The maximum absolute atomic E-state index is 13.1. The van der Waals surface area contributed by atoms with E-state index in [2.05, 4.69) is 42.5 Å². The number of urea groups is 1. The number of hydrogen-bond donors (Lipinski definition) is 1. The normalized spacial score (nSPS) is 25.1. The van der Waals surface area contributed by atoms with Crippen LogP contribution in [0.5, 0.6) is 0 Å². The van der Waals surface area contributed by atoms with Crippen molar-refractivity contribution >= 4 is 6.03 Å². The van der Waals surface area contributed by atoms with E-state index in [0.717, 1.165) is 37.9 Å². The van der Waals surface area contributed by atoms with Crippen LogP contribution >= 0.6 is 0 Å². The second kappa shape index (κ2) is 7.95. The standard InChI is InChI=1S/C22H30N4O2/c1-15-6-7-16(2)18(13-15)19-5-4-11-26(19)22(27)24-17-9-12-28-21(14-17)20-8-10-23-25(20)3/h6-8,10,13,17,19,21H,4-5,9,11-12,14H2,1-3H3,(H,24,27). The van der Waals surface area contributed by atoms with Gasteiger partial charge in [-0.05, 0) is 56.7 Å². The molecule has 4 rings (SSSR count). The Morgan fingerprint density at radius 2 is 2.11 bits per heavy atom. The molecule has 0 saturated carbocycles. The molecule has 6 nitrogen and oxygen atoms in total. The first-order chi connectivity index (χ1) is 13.5. The predicted molar refractivity (Wildman–Crippen MR) is 108 cm³/mol. The minimum atomic E-state index is -0.0139. The van der Waals surface area contributed by atoms with E-state index in [1.54, 1.807) is 6.20 Å². The number of ether oxygens (including phenoxy) is 1. The topological polar surface area (TPSA) is 59.4 Å². The first kappa shape index (κ1) is 19.0. The van der Waals surface area contributed by atoms with Crippen LogP contribution in [0.15, 0.2) is 30.5 Å². The maximum Gasteiger partial charge on any atom is 0.318 e. The summed E-state index contributed by atoms with van der Waals surface area (Å²) >= 11 is 0. The summed E-state index contributed by atoms with van der Waals surface area (Å²) in [6, 6.07) is 8.88. The monoisotopic (exact) mass is 382 g/mol. The number of aryl methyl sites for hydroxylation is 3. The Bertz CT molecular complexity index is 847. The SMILES string of the molecule is Cc1ccc(C)c(C2CCCN2C(=O)NC2CCOC(c3ccnn3C)C2)c1. The quantitative estimate of drug-likeness (QED) is 0.878. The van der Waals surface area contributed by atoms with Crippen molar-refractivity contribution in [3.8, 4) is 0 Å². The average molecular weight is 383 g/mol. The molecule has 28 heavy (non-hydrogen) atoms. The number of aromatic nitrogens is 2. The Morgan fingerprint density at radius 3 is 2.89 bits per heavy atom. The van der Waals surface area contributed by atoms with Gasteiger partial charge in [-0.2, -0.15) is 5.10 Å². The lowest BCUT2D eigenvalue weighted by Gasteiger charge is -2.33. The Kier molecular flexibility index (Phi) is 5.40. The first-order valence-corrected chi connectivity index (χ1v) is 10.3. The van der Waals surface area contributed by atoms with Gasteiger partial charge in [0.1, 0.15) is 6.10 Å². The summed E-state index contributed by atoms with van der Waals surface area (Å²) in [7, 11) is 1.93. The van der Waals surface area contributed by atoms with Crippen LogP contribution in [0.4, 0.5) is 4.79 Å². The highest BCUT2D eigenvalue weighted by Crippen LogP contribution is 2.35. The van der Waals surface area contributed by atoms with Gasteiger partial charge in [-0.1, -0.05) is 23.8 Å². The van der Waals surface area contributed by atoms with Gasteiger partial charge < -0.3 is 15.0 Å². The molecule has 2 amide bonds. The van der Waals surface area contributed by atoms with E-state index in [9.17, 15) is 4.79 Å². The van der Waals surface area contributed by atoms with Gasteiger partial charge in [0, 0.05) is 32.4 Å². The third-order valence-corrected chi connectivity index (χ3v) is 6.11. The molecule has 1 aromatic heterocycles. The van der Waals surface area contributed by atoms with Crippen molar-refractivity contribution < 1.29 is 9.53 Å². The molecule has 2 saturated heterocycles. The molecule has 1 N–H and O–H groups in total. The van der Waals surface area contributed by atoms with Gasteiger partial charge in [0.25, 0.3) is 0 Å². The highest BCUT2D eigenvalue weighted by Gasteiger charge is 2.33. The fourth-order valence-electron chi connectivity index (χ4n) is 4.54. The second-order valence-electron chi connectivity index (χ2n) is 8.12. The van der Waals surface area contributed by atoms with Crippen molar-refractivity contribution in [1.82, 2.24) is 20.0 Å². The molecule has 3 atom stereocenters. The van der Waals surface area contributed by atoms with Crippen LogP contribution in [0.3, 0.4) is 0 Å². The molecule has 3 unspecified atom stereocenters. The number of carbonyl (C=O) groups excluding carboxylic acids is 1. The van der Waals surface area contributed by atoms with E-state index in [4.69, 9.17) is 4.74 Å². The molecule has 2 aromatic rings. The van der Waals surface area contributed by atoms with E-state index in [1.165, 1.54) is 16.7 Å². The lowest BCUT2D eigenvalue weighted by molar-refractivity contribution is -0.00312. The van der Waals surface area contributed by atoms with E-state index in [-0.39, 0.29) is 24.2 Å². The maximum atomic E-state index is 13.1. The summed E-state index contributed by atoms with van der Waals surface area (Å²) in [6.07, 6.45) is 5.50. The Labute approximate surface area is 166 Å². The molecule has 2 aliphatic heterocycles. The number of amides is 2. The average Bonchev–Trinajstić information content (AvgIpc) is 3.33. The van der Waals surface area contributed by atoms with Gasteiger partial charge in [0.05, 0.1) is 11.7 Å². The smallest absolute Gasteiger partial charge is 0.318 e. The summed E-state index contributed by atoms with van der Waals surface area (Å²) < 4.78 is 7.79. The molecule has 3 heterocycles. The lowest BCUT2D eigenvalue weighted by atomic mass is 9.97. The number of benzene rings is 1. The summed E-state index contributed by atoms with van der Waals surface area (Å²) in [4.78, 5) is 15.1. The summed E-state index contributed by atoms with van der Waals surface area (Å²) in [6.45, 7) is 5.72. The molecule has 150 valence electrons. The zero-order valence-electron chi connectivity index (χ0n) is 17.0. The van der Waals surface area contributed by atoms with Crippen LogP contribution in [-0.2, 0) is 11.8 Å². The number of carbonyl (C=O) groups is 1. The molecular weight excluding hydrogens is 352 g/mol. The van der Waals surface area contributed by atoms with Crippen LogP contribution in [0.1, 0.15) is 60.2 Å². The molecule has 2 fully saturated rings. The molecule has 0 bridgehead atoms. The number of hydrogen-bond acceptors (Lipinski definition) is 3. The molecule has 0 radical (unpaired) electrons. The van der Waals surface area contributed by atoms with Gasteiger partial charge >= 0.3 is 6.03 Å². The lowest BCUT2D eigenvalue weighted by Crippen LogP contribution is -2.47. The third kappa shape index (κ3) is 3.78. The Morgan fingerprint density at radius 1 is 1.25 bits per heavy atom. The molecule has 2 aliphatic rings. The van der Waals surface area contributed by atoms with Crippen LogP contribution in [0.25, 0.3) is 0 Å². The minimum absolute atomic E-state index is 0.0139. The van der Waals surface area contributed by atoms with E-state index in [1.807, 2.05) is 22.7 Å². The summed E-state index contributed by atoms with van der Waals surface area (Å²) in [5, 5.41) is 7.52. The third-order valence-electron chi connectivity index (χ3n) is 6.11. The van der Waals surface area contributed by atoms with Gasteiger partial charge in [-0.3, -0.25) is 4.68 Å². The Balaban J connectivity index is 1.44. The van der Waals surface area contributed by atoms with Gasteiger partial charge in [-0.25, -0.2) is 4.79 Å². The van der Waals surface area contributed by atoms with Crippen molar-refractivity contribution in [3.05, 3.63) is 52.8 Å². The minimum Gasteiger partial charge on any atom is -0.372 e. The highest BCUT2D eigenvalue weighted by atomic mass is 16.5. The zero-order chi connectivity index (χ0) is 19.7. The molecule has 1 aromatic carbocycles. The Hall–Kier alpha value is -2.34. The van der Waals surface area contributed by atoms with Gasteiger partial charge in [0.2, 0.25) is 0 Å². The van der Waals surface area contributed by atoms with Crippen molar-refractivity contribution in [1.29, 1.82) is 0 Å². The van der Waals surface area contributed by atoms with E-state index in [0.29, 0.717) is 6.61 Å². The second-order valence-corrected chi connectivity index (χ2v) is 8.12. The van der Waals surface area contributed by atoms with Crippen molar-refractivity contribution in [2.24, 2.45) is 7.05 Å². The summed E-state index contributed by atoms with van der Waals surface area (Å²) in [5.74, 6) is 0. The van der Waals surface area contributed by atoms with Gasteiger partial charge in [-0.15, -0.1) is 0 Å². The number of nitrogens with zero attached hydrogens (tertiary/aromatic N) is 3. The van der Waals surface area contributed by atoms with Crippen LogP contribution in [0.2, 0.25) is 0 Å². The molecular formula is C22H30N4O2. The van der Waals surface area contributed by atoms with E-state index < -0.39 is 0 Å². The summed E-state index contributed by atoms with van der Waals surface area (Å²) in [5.41, 5.74) is 4.86. The number of likely N-dealkylation sites (tertiary alicyclic amines) is 1. The highest BCUT2D eigenvalue weighted by molar-refractivity contribution is 5.75. The zero-order valence-corrected chi connectivity index (χ0v) is 17.0. The van der Waals surface area contributed by atoms with Crippen molar-refractivity contribution in [2.45, 2.75) is 57.7 Å². The van der Waals surface area contributed by atoms with Crippen molar-refractivity contribution in [2.75, 3.05) is 13.2 Å². The number of rotatable bonds is 3.